The first kappa shape index (κ1) is 147. The van der Waals surface area contributed by atoms with Gasteiger partial charge in [0.2, 0.25) is 29.1 Å². The number of phosphoric acid groups is 2. The van der Waals surface area contributed by atoms with E-state index in [9.17, 15) is 200 Å². The molecule has 1 amide bonds. The van der Waals surface area contributed by atoms with Crippen LogP contribution in [-0.4, -0.2) is 454 Å². The molecule has 64 nitrogen and oxygen atoms in total. The minimum atomic E-state index is -5.83. The second-order valence-electron chi connectivity index (χ2n) is 34.3. The summed E-state index contributed by atoms with van der Waals surface area (Å²) in [5.74, 6) is -25.2. The SMILES string of the molecule is CC1C(O)CC(O)(C(=O)[O-])OC1[C@H](O)[C@H](O)CN.CC1C(O)CC(O)(C(=O)[O-])OC1[C@H](O)[C@H](O)CO.CC1C(O)CC(OP(=O)([O-])OCC2OC(n3ccc(N)nc3=O)C(O)C2O)(C(=O)[O-])OC1[C@H](O)[C@H](O)CN.CCC1O[C@H](OCC(=O)NC[C@@H](O)[C@@H](O)C2OC(OP(=O)([O-])OCC3OC(n4ccc(N)nc4=O)C(O)C3O)(C(=O)[O-])CC(O)C2C)C(O)[C@@H](O)[C@@H]1O.CCC1O[C@H](OCC=O)C(O)[C@@H](O)[C@@H]1O.[Na+].[Na+].[Na+].[Na+].[Na+].[Na+]. The number of aliphatic hydroxyl groups excluding tert-OH is 23. The number of nitrogens with one attached hydrogen (secondary N) is 1. The van der Waals surface area contributed by atoms with Gasteiger partial charge >= 0.3 is 189 Å². The van der Waals surface area contributed by atoms with Gasteiger partial charge in [0.25, 0.3) is 15.6 Å². The van der Waals surface area contributed by atoms with E-state index in [1.165, 1.54) is 39.8 Å². The molecule has 8 saturated heterocycles. The van der Waals surface area contributed by atoms with Gasteiger partial charge in [-0.05, 0) is 25.0 Å². The molecule has 44 atom stereocenters. The van der Waals surface area contributed by atoms with Gasteiger partial charge in [0, 0.05) is 81.4 Å². The number of aliphatic hydroxyl groups is 25. The number of carbonyl (C=O) groups excluding carboxylic acids is 6. The number of aldehydes is 1. The van der Waals surface area contributed by atoms with Crippen LogP contribution in [0.3, 0.4) is 0 Å². The van der Waals surface area contributed by atoms with Crippen LogP contribution in [0.4, 0.5) is 11.6 Å². The Bertz CT molecular complexity index is 4580. The van der Waals surface area contributed by atoms with Crippen molar-refractivity contribution in [1.82, 2.24) is 24.4 Å². The van der Waals surface area contributed by atoms with Crippen molar-refractivity contribution in [2.45, 2.75) is 311 Å². The fourth-order valence-electron chi connectivity index (χ4n) is 15.4. The fourth-order valence-corrected chi connectivity index (χ4v) is 17.3. The third-order valence-electron chi connectivity index (χ3n) is 24.2. The maximum Gasteiger partial charge on any atom is 1.00 e. The normalized spacial score (nSPS) is 37.2. The first-order valence-electron chi connectivity index (χ1n) is 43.5. The maximum absolute atomic E-state index is 12.9. The average Bonchev–Trinajstić information content (AvgIpc) is 0.988. The van der Waals surface area contributed by atoms with Gasteiger partial charge < -0.3 is 267 Å². The van der Waals surface area contributed by atoms with E-state index in [2.05, 4.69) is 24.3 Å². The molecular weight excluding hydrogens is 2120 g/mol. The van der Waals surface area contributed by atoms with E-state index < -0.39 is 377 Å². The number of ether oxygens (including phenoxy) is 10. The summed E-state index contributed by atoms with van der Waals surface area (Å²) < 4.78 is 97.2. The number of nitrogen functional groups attached to an aromatic ring is 2. The average molecular weight is 2240 g/mol. The molecule has 2 aromatic rings. The second kappa shape index (κ2) is 64.7. The van der Waals surface area contributed by atoms with Gasteiger partial charge in [0.1, 0.15) is 159 Å². The van der Waals surface area contributed by atoms with Crippen LogP contribution in [0.1, 0.15) is 92.5 Å². The number of amides is 1. The first-order chi connectivity index (χ1) is 65.9. The molecule has 148 heavy (non-hydrogen) atoms. The first-order valence-corrected chi connectivity index (χ1v) is 46.4. The van der Waals surface area contributed by atoms with Gasteiger partial charge in [-0.25, -0.2) is 9.59 Å². The summed E-state index contributed by atoms with van der Waals surface area (Å²) in [6, 6.07) is 2.40. The minimum absolute atomic E-state index is 0. The molecular formula is C76H123N9Na6O55P2. The predicted molar refractivity (Wildman–Crippen MR) is 439 cm³/mol. The molecule has 10 rings (SSSR count). The molecule has 2 aromatic heterocycles. The third kappa shape index (κ3) is 38.1. The fraction of sp³-hybridized carbons (Fsp3) is 0.816. The zero-order valence-corrected chi connectivity index (χ0v) is 95.9. The number of phosphoric ester groups is 2. The zero-order chi connectivity index (χ0) is 108. The van der Waals surface area contributed by atoms with Crippen LogP contribution in [0, 0.1) is 23.7 Å². The minimum Gasteiger partial charge on any atom is -0.756 e. The zero-order valence-electron chi connectivity index (χ0n) is 82.1. The van der Waals surface area contributed by atoms with Crippen LogP contribution < -0.4 is 247 Å². The van der Waals surface area contributed by atoms with E-state index in [-0.39, 0.29) is 209 Å². The van der Waals surface area contributed by atoms with E-state index in [4.69, 9.17) is 84.5 Å². The molecule has 0 radical (unpaired) electrons. The van der Waals surface area contributed by atoms with Crippen LogP contribution in [0.25, 0.3) is 0 Å². The molecule has 0 aromatic carbocycles. The Hall–Kier alpha value is -0.880. The summed E-state index contributed by atoms with van der Waals surface area (Å²) in [5.41, 5.74) is 19.4. The topological polar surface area (TPSA) is 1100 Å². The summed E-state index contributed by atoms with van der Waals surface area (Å²) in [6.45, 7) is 3.58. The Kier molecular flexibility index (Phi) is 64.3. The van der Waals surface area contributed by atoms with Crippen molar-refractivity contribution in [3.63, 3.8) is 0 Å². The van der Waals surface area contributed by atoms with Crippen molar-refractivity contribution in [2.24, 2.45) is 35.1 Å². The van der Waals surface area contributed by atoms with Crippen molar-refractivity contribution < 1.29 is 439 Å². The number of carboxylic acid groups (broad SMARTS) is 4. The van der Waals surface area contributed by atoms with Crippen LogP contribution >= 0.6 is 15.6 Å². The van der Waals surface area contributed by atoms with Gasteiger partial charge in [-0.2, -0.15) is 9.97 Å². The van der Waals surface area contributed by atoms with Gasteiger partial charge in [-0.15, -0.1) is 0 Å². The molecule has 72 heteroatoms. The summed E-state index contributed by atoms with van der Waals surface area (Å²) in [5, 5.41) is 296. The Labute approximate surface area is 973 Å². The van der Waals surface area contributed by atoms with E-state index >= 15 is 0 Å². The summed E-state index contributed by atoms with van der Waals surface area (Å²) in [6.07, 6.45) is -51.4. The van der Waals surface area contributed by atoms with Crippen molar-refractivity contribution in [2.75, 3.05) is 64.1 Å². The second-order valence-corrected chi connectivity index (χ2v) is 36.9. The van der Waals surface area contributed by atoms with Crippen molar-refractivity contribution >= 4 is 63.4 Å². The molecule has 0 spiro atoms. The van der Waals surface area contributed by atoms with Crippen molar-refractivity contribution in [3.8, 4) is 0 Å². The van der Waals surface area contributed by atoms with Crippen molar-refractivity contribution in [3.05, 3.63) is 45.5 Å². The summed E-state index contributed by atoms with van der Waals surface area (Å²) in [4.78, 5) is 125. The molecule has 0 bridgehead atoms. The number of nitrogens with zero attached hydrogens (tertiary/aromatic N) is 4. The Balaban J connectivity index is 0.00000197. The smallest absolute Gasteiger partial charge is 0.756 e. The van der Waals surface area contributed by atoms with E-state index in [0.717, 1.165) is 21.5 Å². The molecule has 818 valence electrons. The molecule has 8 aliphatic rings. The van der Waals surface area contributed by atoms with E-state index in [0.29, 0.717) is 12.7 Å². The largest absolute Gasteiger partial charge is 1.00 e. The maximum atomic E-state index is 12.9. The van der Waals surface area contributed by atoms with Crippen LogP contribution in [0.2, 0.25) is 0 Å². The van der Waals surface area contributed by atoms with Crippen LogP contribution in [0.5, 0.6) is 0 Å². The third-order valence-corrected chi connectivity index (χ3v) is 26.2. The molecule has 34 N–H and O–H groups in total. The predicted octanol–water partition coefficient (Wildman–Crippen LogP) is -41.6. The molecule has 10 heterocycles. The number of aromatic nitrogens is 4. The number of carboxylic acids is 4. The standard InChI is InChI=1S/C28H45N4O20P.C19H31N4O14P.C10H19NO7.C10H18O8.C9H16O6.6Na/c1-3-13-18(37)20(39)22(41)25(50-13)47-9-16(35)30-7-12(34)17(36)23-10(2)11(33)6-28(51-23,26(42)43)52-53(45,46)48-8-14-19(38)21(40)24(49-14)32-5-4-15(29)31-27(32)44;1-7-8(24)4-19(17(29)30,36-15(7)12(26)9(25)5-20)37-38(32,33)34-6-10-13(27)14(28)16(35-10)23-3-2-11(21)22-18(23)31;2*1-4-5(12)2-10(17,9(15)16)18-8(4)7(14)6(13)3-11;1-2-5-6(11)7(12)8(13)9(15-5)14-4-3-10;;;;;;/h4-5,10-14,17-25,33-34,36-41H,3,6-9H2,1-2H3,(H,30,35)(H,42,43)(H,45,46)(H2,29,31,44);2-3,7-10,12-16,24-28H,4-6,20H2,1H3,(H,29,30)(H,32,33)(H2,21,22,31);4-8,12-14,17H,2-3,11H2,1H3,(H,15,16);4-8,11-14,17H,2-3H2,1H3,(H,15,16);3,5-9,11-13H,2,4H2,1H3;;;;;;/q;;;;;6*+1/p-6/t10?,11?,12-,13?,14?,17-,18-,19?,20+,21?,22?,23?,24?,25+,28?;7?,8?,9-,10?,12-,13?,14?,15?,16?,19?;2*4?,5?,6-,7-,8?,10?;5?,6-,7+,8?,9+;;;;;;/m11111....../s1. The molecule has 0 saturated carbocycles. The Morgan fingerprint density at radius 1 is 0.473 bits per heavy atom. The summed E-state index contributed by atoms with van der Waals surface area (Å²) >= 11 is 0. The van der Waals surface area contributed by atoms with Gasteiger partial charge in [-0.1, -0.05) is 41.5 Å². The van der Waals surface area contributed by atoms with Crippen molar-refractivity contribution in [1.29, 1.82) is 0 Å². The number of anilines is 2. The Morgan fingerprint density at radius 3 is 1.09 bits per heavy atom. The van der Waals surface area contributed by atoms with E-state index in [1.807, 2.05) is 0 Å². The van der Waals surface area contributed by atoms with Gasteiger partial charge in [0.05, 0.1) is 99.2 Å². The number of nitrogens with two attached hydrogens (primary N) is 4. The molecule has 8 aliphatic heterocycles. The monoisotopic (exact) mass is 2240 g/mol. The number of carbonyl (C=O) groups is 6. The Morgan fingerprint density at radius 2 is 0.784 bits per heavy atom. The van der Waals surface area contributed by atoms with E-state index in [1.54, 1.807) is 13.8 Å². The molecule has 0 aliphatic carbocycles. The van der Waals surface area contributed by atoms with Crippen LogP contribution in [0.15, 0.2) is 34.1 Å². The molecule has 8 fully saturated rings. The van der Waals surface area contributed by atoms with Crippen LogP contribution in [-0.2, 0) is 103 Å². The van der Waals surface area contributed by atoms with Gasteiger partial charge in [-0.3, -0.25) is 32.1 Å². The number of hydrogen-bond donors (Lipinski definition) is 30. The number of hydrogen-bond acceptors (Lipinski definition) is 61. The number of rotatable bonds is 37. The number of aliphatic carboxylic acids is 4. The van der Waals surface area contributed by atoms with Gasteiger partial charge in [0.15, 0.2) is 25.0 Å². The quantitative estimate of drug-likeness (QED) is 0.0170. The molecule has 30 unspecified atom stereocenters. The summed E-state index contributed by atoms with van der Waals surface area (Å²) in [7, 11) is -11.5.